The molecule has 0 fully saturated rings. The van der Waals surface area contributed by atoms with Crippen LogP contribution >= 0.6 is 23.2 Å². The summed E-state index contributed by atoms with van der Waals surface area (Å²) in [6.07, 6.45) is -0.791. The number of rotatable bonds is 5. The average molecular weight is 368 g/mol. The third kappa shape index (κ3) is 5.03. The molecule has 0 aliphatic rings. The summed E-state index contributed by atoms with van der Waals surface area (Å²) >= 11 is 11.7. The number of anilines is 2. The third-order valence-corrected chi connectivity index (χ3v) is 4.17. The minimum Gasteiger partial charge on any atom is -0.387 e. The molecule has 0 spiro atoms. The lowest BCUT2D eigenvalue weighted by molar-refractivity contribution is 0.175. The Morgan fingerprint density at radius 2 is 1.79 bits per heavy atom. The van der Waals surface area contributed by atoms with Gasteiger partial charge in [0.25, 0.3) is 0 Å². The topological polar surface area (TPSA) is 64.6 Å². The van der Waals surface area contributed by atoms with Crippen molar-refractivity contribution < 1.29 is 9.90 Å². The number of hydrogen-bond acceptors (Lipinski definition) is 3. The van der Waals surface area contributed by atoms with E-state index in [1.807, 2.05) is 43.3 Å². The molecule has 1 unspecified atom stereocenters. The maximum atomic E-state index is 11.9. The van der Waals surface area contributed by atoms with Crippen molar-refractivity contribution in [3.05, 3.63) is 58.1 Å². The molecule has 24 heavy (non-hydrogen) atoms. The van der Waals surface area contributed by atoms with Crippen LogP contribution in [0.25, 0.3) is 0 Å². The van der Waals surface area contributed by atoms with Crippen LogP contribution < -0.4 is 15.5 Å². The van der Waals surface area contributed by atoms with Crippen LogP contribution in [0.5, 0.6) is 0 Å². The van der Waals surface area contributed by atoms with E-state index in [1.54, 1.807) is 18.2 Å². The molecule has 0 heterocycles. The van der Waals surface area contributed by atoms with Crippen molar-refractivity contribution in [2.24, 2.45) is 0 Å². The van der Waals surface area contributed by atoms with Crippen molar-refractivity contribution in [3.63, 3.8) is 0 Å². The van der Waals surface area contributed by atoms with E-state index in [4.69, 9.17) is 23.2 Å². The molecule has 128 valence electrons. The Morgan fingerprint density at radius 3 is 2.38 bits per heavy atom. The predicted molar refractivity (Wildman–Crippen MR) is 99.2 cm³/mol. The molecule has 5 nitrogen and oxygen atoms in total. The second kappa shape index (κ2) is 8.24. The quantitative estimate of drug-likeness (QED) is 0.750. The fourth-order valence-corrected chi connectivity index (χ4v) is 2.35. The molecule has 0 aliphatic carbocycles. The van der Waals surface area contributed by atoms with Gasteiger partial charge in [-0.2, -0.15) is 0 Å². The molecule has 3 N–H and O–H groups in total. The van der Waals surface area contributed by atoms with Gasteiger partial charge in [0.1, 0.15) is 0 Å². The first-order chi connectivity index (χ1) is 11.4. The van der Waals surface area contributed by atoms with Crippen LogP contribution in [-0.2, 0) is 0 Å². The van der Waals surface area contributed by atoms with Gasteiger partial charge < -0.3 is 20.6 Å². The van der Waals surface area contributed by atoms with Crippen molar-refractivity contribution in [2.45, 2.75) is 6.10 Å². The van der Waals surface area contributed by atoms with Gasteiger partial charge in [0.15, 0.2) is 0 Å². The van der Waals surface area contributed by atoms with E-state index in [9.17, 15) is 9.90 Å². The number of nitrogens with zero attached hydrogens (tertiary/aromatic N) is 1. The SMILES string of the molecule is CN(C)c1ccc(C(O)CNC(=O)Nc2ccc(Cl)c(Cl)c2)cc1. The van der Waals surface area contributed by atoms with E-state index < -0.39 is 12.1 Å². The van der Waals surface area contributed by atoms with Crippen LogP contribution in [0.2, 0.25) is 10.0 Å². The van der Waals surface area contributed by atoms with Gasteiger partial charge in [-0.05, 0) is 35.9 Å². The van der Waals surface area contributed by atoms with Crippen LogP contribution in [0.15, 0.2) is 42.5 Å². The standard InChI is InChI=1S/C17H19Cl2N3O2/c1-22(2)13-6-3-11(4-7-13)16(23)10-20-17(24)21-12-5-8-14(18)15(19)9-12/h3-9,16,23H,10H2,1-2H3,(H2,20,21,24). The lowest BCUT2D eigenvalue weighted by atomic mass is 10.1. The molecular formula is C17H19Cl2N3O2. The van der Waals surface area contributed by atoms with Crippen molar-refractivity contribution >= 4 is 40.6 Å². The van der Waals surface area contributed by atoms with E-state index in [1.165, 1.54) is 0 Å². The highest BCUT2D eigenvalue weighted by Crippen LogP contribution is 2.25. The summed E-state index contributed by atoms with van der Waals surface area (Å²) in [4.78, 5) is 13.8. The van der Waals surface area contributed by atoms with Crippen molar-refractivity contribution in [1.82, 2.24) is 5.32 Å². The Bertz CT molecular complexity index is 705. The normalized spacial score (nSPS) is 11.7. The number of aliphatic hydroxyl groups is 1. The lowest BCUT2D eigenvalue weighted by Gasteiger charge is -2.16. The number of nitrogens with one attached hydrogen (secondary N) is 2. The Balaban J connectivity index is 1.87. The summed E-state index contributed by atoms with van der Waals surface area (Å²) in [6.45, 7) is 0.0917. The summed E-state index contributed by atoms with van der Waals surface area (Å²) in [7, 11) is 3.89. The van der Waals surface area contributed by atoms with Crippen LogP contribution in [0.4, 0.5) is 16.2 Å². The van der Waals surface area contributed by atoms with Crippen LogP contribution in [0, 0.1) is 0 Å². The zero-order chi connectivity index (χ0) is 17.7. The number of amides is 2. The number of benzene rings is 2. The minimum absolute atomic E-state index is 0.0917. The molecule has 2 rings (SSSR count). The summed E-state index contributed by atoms with van der Waals surface area (Å²) in [6, 6.07) is 11.8. The third-order valence-electron chi connectivity index (χ3n) is 3.43. The molecule has 0 saturated heterocycles. The van der Waals surface area contributed by atoms with E-state index in [-0.39, 0.29) is 6.54 Å². The predicted octanol–water partition coefficient (Wildman–Crippen LogP) is 3.91. The van der Waals surface area contributed by atoms with Gasteiger partial charge in [0.05, 0.1) is 16.1 Å². The molecule has 2 aromatic carbocycles. The maximum absolute atomic E-state index is 11.9. The number of aliphatic hydroxyl groups excluding tert-OH is 1. The van der Waals surface area contributed by atoms with E-state index in [0.29, 0.717) is 15.7 Å². The van der Waals surface area contributed by atoms with E-state index in [2.05, 4.69) is 10.6 Å². The smallest absolute Gasteiger partial charge is 0.319 e. The number of urea groups is 1. The van der Waals surface area contributed by atoms with Crippen molar-refractivity contribution in [1.29, 1.82) is 0 Å². The lowest BCUT2D eigenvalue weighted by Crippen LogP contribution is -2.32. The molecule has 7 heteroatoms. The molecule has 2 amide bonds. The van der Waals surface area contributed by atoms with Gasteiger partial charge in [0.2, 0.25) is 0 Å². The zero-order valence-electron chi connectivity index (χ0n) is 13.4. The molecule has 0 aromatic heterocycles. The molecule has 0 radical (unpaired) electrons. The fourth-order valence-electron chi connectivity index (χ4n) is 2.05. The second-order valence-corrected chi connectivity index (χ2v) is 6.28. The summed E-state index contributed by atoms with van der Waals surface area (Å²) in [5, 5.41) is 16.2. The Kier molecular flexibility index (Phi) is 6.31. The molecular weight excluding hydrogens is 349 g/mol. The van der Waals surface area contributed by atoms with Crippen LogP contribution in [0.3, 0.4) is 0 Å². The number of halogens is 2. The second-order valence-electron chi connectivity index (χ2n) is 5.47. The van der Waals surface area contributed by atoms with Gasteiger partial charge in [-0.3, -0.25) is 0 Å². The molecule has 2 aromatic rings. The van der Waals surface area contributed by atoms with Gasteiger partial charge in [0, 0.05) is 32.0 Å². The number of hydrogen-bond donors (Lipinski definition) is 3. The Hall–Kier alpha value is -1.95. The maximum Gasteiger partial charge on any atom is 0.319 e. The molecule has 0 bridgehead atoms. The van der Waals surface area contributed by atoms with Crippen molar-refractivity contribution in [3.8, 4) is 0 Å². The first-order valence-corrected chi connectivity index (χ1v) is 8.07. The largest absolute Gasteiger partial charge is 0.387 e. The molecule has 0 saturated carbocycles. The Labute approximate surface area is 151 Å². The summed E-state index contributed by atoms with van der Waals surface area (Å²) in [5.74, 6) is 0. The van der Waals surface area contributed by atoms with Gasteiger partial charge in [-0.1, -0.05) is 35.3 Å². The van der Waals surface area contributed by atoms with Crippen LogP contribution in [-0.4, -0.2) is 31.8 Å². The van der Waals surface area contributed by atoms with E-state index >= 15 is 0 Å². The Morgan fingerprint density at radius 1 is 1.12 bits per heavy atom. The molecule has 0 aliphatic heterocycles. The highest BCUT2D eigenvalue weighted by Gasteiger charge is 2.10. The number of carbonyl (C=O) groups is 1. The minimum atomic E-state index is -0.791. The first-order valence-electron chi connectivity index (χ1n) is 7.32. The highest BCUT2D eigenvalue weighted by molar-refractivity contribution is 6.42. The summed E-state index contributed by atoms with van der Waals surface area (Å²) in [5.41, 5.74) is 2.29. The average Bonchev–Trinajstić information content (AvgIpc) is 2.56. The monoisotopic (exact) mass is 367 g/mol. The van der Waals surface area contributed by atoms with Gasteiger partial charge in [-0.25, -0.2) is 4.79 Å². The zero-order valence-corrected chi connectivity index (χ0v) is 14.9. The highest BCUT2D eigenvalue weighted by atomic mass is 35.5. The first kappa shape index (κ1) is 18.4. The van der Waals surface area contributed by atoms with Crippen molar-refractivity contribution in [2.75, 3.05) is 30.9 Å². The van der Waals surface area contributed by atoms with Crippen LogP contribution in [0.1, 0.15) is 11.7 Å². The fraction of sp³-hybridized carbons (Fsp3) is 0.235. The van der Waals surface area contributed by atoms with Gasteiger partial charge in [-0.15, -0.1) is 0 Å². The van der Waals surface area contributed by atoms with E-state index in [0.717, 1.165) is 11.3 Å². The summed E-state index contributed by atoms with van der Waals surface area (Å²) < 4.78 is 0. The van der Waals surface area contributed by atoms with Gasteiger partial charge >= 0.3 is 6.03 Å². The molecule has 1 atom stereocenters. The number of carbonyl (C=O) groups excluding carboxylic acids is 1.